The molecule has 0 fully saturated rings. The van der Waals surface area contributed by atoms with E-state index < -0.39 is 0 Å². The molecule has 0 atom stereocenters. The molecule has 0 aromatic carbocycles. The summed E-state index contributed by atoms with van der Waals surface area (Å²) in [6.07, 6.45) is 3.15. The Hall–Kier alpha value is -0.570. The largest absolute Gasteiger partial charge is 0.465 e. The average molecular weight is 173 g/mol. The number of carbonyl (C=O) groups excluding carboxylic acids is 1. The van der Waals surface area contributed by atoms with Gasteiger partial charge in [0.15, 0.2) is 0 Å². The molecule has 0 aromatic rings. The molecular formula is C9H19NO2. The molecule has 0 saturated carbocycles. The van der Waals surface area contributed by atoms with Gasteiger partial charge in [-0.05, 0) is 19.4 Å². The number of hydrogen-bond donors (Lipinski definition) is 1. The number of esters is 1. The highest BCUT2D eigenvalue weighted by Crippen LogP contribution is 1.84. The maximum atomic E-state index is 10.9. The summed E-state index contributed by atoms with van der Waals surface area (Å²) < 4.78 is 4.87. The van der Waals surface area contributed by atoms with Crippen LogP contribution in [-0.4, -0.2) is 25.7 Å². The third-order valence-electron chi connectivity index (χ3n) is 1.44. The molecule has 0 amide bonds. The monoisotopic (exact) mass is 173 g/mol. The van der Waals surface area contributed by atoms with Crippen LogP contribution in [0.2, 0.25) is 0 Å². The molecule has 0 aliphatic heterocycles. The van der Waals surface area contributed by atoms with Crippen molar-refractivity contribution in [3.63, 3.8) is 0 Å². The van der Waals surface area contributed by atoms with Gasteiger partial charge in [0.25, 0.3) is 0 Å². The van der Waals surface area contributed by atoms with E-state index in [2.05, 4.69) is 12.2 Å². The second-order valence-electron chi connectivity index (χ2n) is 2.75. The molecule has 0 rings (SSSR count). The molecule has 0 unspecified atom stereocenters. The number of rotatable bonds is 7. The van der Waals surface area contributed by atoms with Crippen LogP contribution in [-0.2, 0) is 9.53 Å². The fourth-order valence-corrected chi connectivity index (χ4v) is 0.759. The third kappa shape index (κ3) is 7.54. The lowest BCUT2D eigenvalue weighted by Gasteiger charge is -2.03. The lowest BCUT2D eigenvalue weighted by Crippen LogP contribution is -2.25. The van der Waals surface area contributed by atoms with Crippen LogP contribution >= 0.6 is 0 Å². The minimum atomic E-state index is -0.145. The molecule has 0 aliphatic rings. The van der Waals surface area contributed by atoms with Crippen molar-refractivity contribution in [2.45, 2.75) is 33.1 Å². The van der Waals surface area contributed by atoms with Crippen molar-refractivity contribution in [3.05, 3.63) is 0 Å². The predicted octanol–water partition coefficient (Wildman–Crippen LogP) is 1.33. The summed E-state index contributed by atoms with van der Waals surface area (Å²) in [4.78, 5) is 10.9. The molecule has 1 N–H and O–H groups in total. The van der Waals surface area contributed by atoms with Crippen LogP contribution in [0.5, 0.6) is 0 Å². The topological polar surface area (TPSA) is 38.3 Å². The zero-order chi connectivity index (χ0) is 9.23. The first-order valence-corrected chi connectivity index (χ1v) is 4.67. The lowest BCUT2D eigenvalue weighted by atomic mass is 10.3. The van der Waals surface area contributed by atoms with Gasteiger partial charge in [-0.25, -0.2) is 0 Å². The zero-order valence-electron chi connectivity index (χ0n) is 8.06. The number of hydrogen-bond acceptors (Lipinski definition) is 3. The summed E-state index contributed by atoms with van der Waals surface area (Å²) in [5, 5.41) is 3.02. The Bertz CT molecular complexity index is 115. The van der Waals surface area contributed by atoms with Gasteiger partial charge in [-0.15, -0.1) is 0 Å². The fourth-order valence-electron chi connectivity index (χ4n) is 0.759. The van der Waals surface area contributed by atoms with E-state index in [-0.39, 0.29) is 5.97 Å². The molecule has 0 spiro atoms. The maximum Gasteiger partial charge on any atom is 0.319 e. The van der Waals surface area contributed by atoms with Gasteiger partial charge >= 0.3 is 5.97 Å². The van der Waals surface area contributed by atoms with Crippen molar-refractivity contribution in [1.29, 1.82) is 0 Å². The molecule has 3 heteroatoms. The highest BCUT2D eigenvalue weighted by molar-refractivity contribution is 5.71. The second-order valence-corrected chi connectivity index (χ2v) is 2.75. The van der Waals surface area contributed by atoms with E-state index in [0.717, 1.165) is 25.8 Å². The molecule has 12 heavy (non-hydrogen) atoms. The average Bonchev–Trinajstić information content (AvgIpc) is 2.09. The summed E-state index contributed by atoms with van der Waals surface area (Å²) in [5.41, 5.74) is 0. The van der Waals surface area contributed by atoms with Crippen LogP contribution in [0.1, 0.15) is 33.1 Å². The SMILES string of the molecule is CCCCNCC(=O)OCCC. The van der Waals surface area contributed by atoms with Crippen molar-refractivity contribution in [3.8, 4) is 0 Å². The number of carbonyl (C=O) groups is 1. The summed E-state index contributed by atoms with van der Waals surface area (Å²) in [6.45, 7) is 5.89. The molecule has 0 bridgehead atoms. The summed E-state index contributed by atoms with van der Waals surface area (Å²) in [7, 11) is 0. The van der Waals surface area contributed by atoms with E-state index in [9.17, 15) is 4.79 Å². The molecule has 3 nitrogen and oxygen atoms in total. The molecule has 0 radical (unpaired) electrons. The Morgan fingerprint density at radius 3 is 2.67 bits per heavy atom. The molecule has 0 heterocycles. The molecule has 0 aromatic heterocycles. The van der Waals surface area contributed by atoms with Crippen molar-refractivity contribution in [2.24, 2.45) is 0 Å². The van der Waals surface area contributed by atoms with Crippen LogP contribution in [0.15, 0.2) is 0 Å². The molecule has 0 saturated heterocycles. The molecule has 72 valence electrons. The quantitative estimate of drug-likeness (QED) is 0.466. The number of unbranched alkanes of at least 4 members (excludes halogenated alkanes) is 1. The number of nitrogens with one attached hydrogen (secondary N) is 1. The van der Waals surface area contributed by atoms with Crippen LogP contribution in [0.3, 0.4) is 0 Å². The minimum Gasteiger partial charge on any atom is -0.465 e. The first-order chi connectivity index (χ1) is 5.81. The Morgan fingerprint density at radius 1 is 1.33 bits per heavy atom. The normalized spacial score (nSPS) is 9.83. The van der Waals surface area contributed by atoms with Gasteiger partial charge in [0, 0.05) is 0 Å². The fraction of sp³-hybridized carbons (Fsp3) is 0.889. The Kier molecular flexibility index (Phi) is 8.12. The zero-order valence-corrected chi connectivity index (χ0v) is 8.06. The van der Waals surface area contributed by atoms with Gasteiger partial charge < -0.3 is 10.1 Å². The number of ether oxygens (including phenoxy) is 1. The predicted molar refractivity (Wildman–Crippen MR) is 49.0 cm³/mol. The van der Waals surface area contributed by atoms with Gasteiger partial charge in [-0.1, -0.05) is 20.3 Å². The Balaban J connectivity index is 3.08. The van der Waals surface area contributed by atoms with Crippen LogP contribution in [0, 0.1) is 0 Å². The summed E-state index contributed by atoms with van der Waals surface area (Å²) >= 11 is 0. The Labute approximate surface area is 74.5 Å². The maximum absolute atomic E-state index is 10.9. The summed E-state index contributed by atoms with van der Waals surface area (Å²) in [6, 6.07) is 0. The van der Waals surface area contributed by atoms with Crippen LogP contribution < -0.4 is 5.32 Å². The first kappa shape index (κ1) is 11.4. The highest BCUT2D eigenvalue weighted by Gasteiger charge is 1.99. The first-order valence-electron chi connectivity index (χ1n) is 4.67. The van der Waals surface area contributed by atoms with E-state index in [1.165, 1.54) is 0 Å². The van der Waals surface area contributed by atoms with E-state index in [1.54, 1.807) is 0 Å². The van der Waals surface area contributed by atoms with Gasteiger partial charge in [-0.3, -0.25) is 4.79 Å². The van der Waals surface area contributed by atoms with Gasteiger partial charge in [0.2, 0.25) is 0 Å². The van der Waals surface area contributed by atoms with Crippen LogP contribution in [0.25, 0.3) is 0 Å². The van der Waals surface area contributed by atoms with E-state index >= 15 is 0 Å². The third-order valence-corrected chi connectivity index (χ3v) is 1.44. The van der Waals surface area contributed by atoms with Gasteiger partial charge in [0.1, 0.15) is 0 Å². The van der Waals surface area contributed by atoms with E-state index in [1.807, 2.05) is 6.92 Å². The van der Waals surface area contributed by atoms with Crippen LogP contribution in [0.4, 0.5) is 0 Å². The highest BCUT2D eigenvalue weighted by atomic mass is 16.5. The summed E-state index contributed by atoms with van der Waals surface area (Å²) in [5.74, 6) is -0.145. The Morgan fingerprint density at radius 2 is 2.08 bits per heavy atom. The van der Waals surface area contributed by atoms with E-state index in [4.69, 9.17) is 4.74 Å². The minimum absolute atomic E-state index is 0.145. The molecule has 0 aliphatic carbocycles. The smallest absolute Gasteiger partial charge is 0.319 e. The van der Waals surface area contributed by atoms with Crippen molar-refractivity contribution < 1.29 is 9.53 Å². The van der Waals surface area contributed by atoms with Gasteiger partial charge in [-0.2, -0.15) is 0 Å². The lowest BCUT2D eigenvalue weighted by molar-refractivity contribution is -0.142. The van der Waals surface area contributed by atoms with Crippen molar-refractivity contribution >= 4 is 5.97 Å². The van der Waals surface area contributed by atoms with Gasteiger partial charge in [0.05, 0.1) is 13.2 Å². The van der Waals surface area contributed by atoms with E-state index in [0.29, 0.717) is 13.2 Å². The second kappa shape index (κ2) is 8.53. The standard InChI is InChI=1S/C9H19NO2/c1-3-5-6-10-8-9(11)12-7-4-2/h10H,3-8H2,1-2H3. The van der Waals surface area contributed by atoms with Crippen molar-refractivity contribution in [2.75, 3.05) is 19.7 Å². The molecular weight excluding hydrogens is 154 g/mol. The van der Waals surface area contributed by atoms with Crippen molar-refractivity contribution in [1.82, 2.24) is 5.32 Å².